The van der Waals surface area contributed by atoms with Crippen molar-refractivity contribution >= 4 is 5.95 Å². The zero-order valence-electron chi connectivity index (χ0n) is 12.3. The molecule has 0 saturated carbocycles. The van der Waals surface area contributed by atoms with Crippen LogP contribution < -0.4 is 10.9 Å². The van der Waals surface area contributed by atoms with Crippen molar-refractivity contribution in [1.82, 2.24) is 14.9 Å². The summed E-state index contributed by atoms with van der Waals surface area (Å²) in [6, 6.07) is 1.55. The topological polar surface area (TPSA) is 61.0 Å². The van der Waals surface area contributed by atoms with Gasteiger partial charge in [-0.3, -0.25) is 9.78 Å². The van der Waals surface area contributed by atoms with Crippen molar-refractivity contribution in [2.24, 2.45) is 0 Å². The summed E-state index contributed by atoms with van der Waals surface area (Å²) in [6.45, 7) is 10.6. The largest absolute Gasteiger partial charge is 0.356 e. The third-order valence-electron chi connectivity index (χ3n) is 3.24. The summed E-state index contributed by atoms with van der Waals surface area (Å²) >= 11 is 0. The number of rotatable bonds is 9. The molecule has 0 saturated heterocycles. The number of unbranched alkanes of at least 4 members (excludes halogenated alkanes) is 1. The monoisotopic (exact) mass is 266 g/mol. The molecule has 5 nitrogen and oxygen atoms in total. The van der Waals surface area contributed by atoms with Gasteiger partial charge in [0.2, 0.25) is 5.95 Å². The van der Waals surface area contributed by atoms with Crippen molar-refractivity contribution in [1.29, 1.82) is 0 Å². The highest BCUT2D eigenvalue weighted by atomic mass is 16.1. The predicted molar refractivity (Wildman–Crippen MR) is 79.7 cm³/mol. The first-order valence-electron chi connectivity index (χ1n) is 7.26. The molecule has 0 fully saturated rings. The molecule has 0 spiro atoms. The summed E-state index contributed by atoms with van der Waals surface area (Å²) in [7, 11) is 0. The molecule has 1 aromatic rings. The van der Waals surface area contributed by atoms with Gasteiger partial charge in [0.05, 0.1) is 0 Å². The van der Waals surface area contributed by atoms with E-state index in [2.05, 4.69) is 34.0 Å². The van der Waals surface area contributed by atoms with Crippen LogP contribution in [-0.2, 0) is 6.42 Å². The van der Waals surface area contributed by atoms with E-state index in [1.165, 1.54) is 0 Å². The van der Waals surface area contributed by atoms with Crippen LogP contribution in [0, 0.1) is 0 Å². The first-order valence-corrected chi connectivity index (χ1v) is 7.26. The zero-order valence-corrected chi connectivity index (χ0v) is 12.3. The minimum Gasteiger partial charge on any atom is -0.356 e. The maximum Gasteiger partial charge on any atom is 0.252 e. The quantitative estimate of drug-likeness (QED) is 0.670. The Kier molecular flexibility index (Phi) is 7.18. The zero-order chi connectivity index (χ0) is 14.1. The summed E-state index contributed by atoms with van der Waals surface area (Å²) in [4.78, 5) is 20.9. The van der Waals surface area contributed by atoms with E-state index in [-0.39, 0.29) is 5.56 Å². The SMILES string of the molecule is CCc1cc(=O)[nH]c(NCCCCN(CC)CC)n1. The first-order chi connectivity index (χ1) is 9.19. The van der Waals surface area contributed by atoms with Crippen molar-refractivity contribution in [3.8, 4) is 0 Å². The molecular weight excluding hydrogens is 240 g/mol. The number of hydrogen-bond acceptors (Lipinski definition) is 4. The molecule has 2 N–H and O–H groups in total. The van der Waals surface area contributed by atoms with E-state index in [1.54, 1.807) is 6.07 Å². The lowest BCUT2D eigenvalue weighted by Gasteiger charge is -2.17. The number of hydrogen-bond donors (Lipinski definition) is 2. The summed E-state index contributed by atoms with van der Waals surface area (Å²) in [5.74, 6) is 0.590. The lowest BCUT2D eigenvalue weighted by molar-refractivity contribution is 0.298. The van der Waals surface area contributed by atoms with E-state index in [4.69, 9.17) is 0 Å². The normalized spacial score (nSPS) is 10.9. The van der Waals surface area contributed by atoms with Gasteiger partial charge in [-0.25, -0.2) is 4.98 Å². The minimum absolute atomic E-state index is 0.0857. The Morgan fingerprint density at radius 3 is 2.63 bits per heavy atom. The summed E-state index contributed by atoms with van der Waals surface area (Å²) in [5, 5.41) is 3.18. The lowest BCUT2D eigenvalue weighted by Crippen LogP contribution is -2.24. The lowest BCUT2D eigenvalue weighted by atomic mass is 10.3. The molecule has 1 rings (SSSR count). The van der Waals surface area contributed by atoms with E-state index in [9.17, 15) is 4.79 Å². The third kappa shape index (κ3) is 5.87. The fraction of sp³-hybridized carbons (Fsp3) is 0.714. The van der Waals surface area contributed by atoms with Gasteiger partial charge in [0.15, 0.2) is 0 Å². The third-order valence-corrected chi connectivity index (χ3v) is 3.24. The number of nitrogens with one attached hydrogen (secondary N) is 2. The van der Waals surface area contributed by atoms with Crippen molar-refractivity contribution in [3.63, 3.8) is 0 Å². The van der Waals surface area contributed by atoms with Crippen LogP contribution >= 0.6 is 0 Å². The van der Waals surface area contributed by atoms with Crippen LogP contribution in [0.25, 0.3) is 0 Å². The highest BCUT2D eigenvalue weighted by Crippen LogP contribution is 2.00. The predicted octanol–water partition coefficient (Wildman–Crippen LogP) is 1.87. The van der Waals surface area contributed by atoms with Gasteiger partial charge >= 0.3 is 0 Å². The van der Waals surface area contributed by atoms with Crippen molar-refractivity contribution in [3.05, 3.63) is 22.1 Å². The van der Waals surface area contributed by atoms with Gasteiger partial charge in [0, 0.05) is 18.3 Å². The second-order valence-corrected chi connectivity index (χ2v) is 4.60. The van der Waals surface area contributed by atoms with Crippen molar-refractivity contribution < 1.29 is 0 Å². The van der Waals surface area contributed by atoms with Gasteiger partial charge in [-0.15, -0.1) is 0 Å². The molecule has 0 aliphatic heterocycles. The van der Waals surface area contributed by atoms with Crippen LogP contribution in [0.15, 0.2) is 10.9 Å². The first kappa shape index (κ1) is 15.7. The molecule has 19 heavy (non-hydrogen) atoms. The highest BCUT2D eigenvalue weighted by molar-refractivity contribution is 5.24. The molecule has 0 radical (unpaired) electrons. The van der Waals surface area contributed by atoms with Gasteiger partial charge in [-0.05, 0) is 38.9 Å². The van der Waals surface area contributed by atoms with E-state index < -0.39 is 0 Å². The maximum absolute atomic E-state index is 11.4. The number of H-pyrrole nitrogens is 1. The van der Waals surface area contributed by atoms with Crippen LogP contribution in [0.3, 0.4) is 0 Å². The molecule has 5 heteroatoms. The molecule has 0 aliphatic carbocycles. The molecule has 1 aromatic heterocycles. The van der Waals surface area contributed by atoms with E-state index in [0.717, 1.165) is 51.1 Å². The highest BCUT2D eigenvalue weighted by Gasteiger charge is 2.00. The summed E-state index contributed by atoms with van der Waals surface area (Å²) < 4.78 is 0. The number of aryl methyl sites for hydroxylation is 1. The number of nitrogens with zero attached hydrogens (tertiary/aromatic N) is 2. The summed E-state index contributed by atoms with van der Waals surface area (Å²) in [5.41, 5.74) is 0.742. The molecular formula is C14H26N4O. The second-order valence-electron chi connectivity index (χ2n) is 4.60. The van der Waals surface area contributed by atoms with E-state index in [1.807, 2.05) is 6.92 Å². The summed E-state index contributed by atoms with van der Waals surface area (Å²) in [6.07, 6.45) is 3.02. The standard InChI is InChI=1S/C14H26N4O/c1-4-12-11-13(19)17-14(16-12)15-9-7-8-10-18(5-2)6-3/h11H,4-10H2,1-3H3,(H2,15,16,17,19). The van der Waals surface area contributed by atoms with Gasteiger partial charge < -0.3 is 10.2 Å². The maximum atomic E-state index is 11.4. The molecule has 0 unspecified atom stereocenters. The average molecular weight is 266 g/mol. The van der Waals surface area contributed by atoms with E-state index >= 15 is 0 Å². The fourth-order valence-electron chi connectivity index (χ4n) is 1.98. The Balaban J connectivity index is 2.29. The fourth-order valence-corrected chi connectivity index (χ4v) is 1.98. The molecule has 0 aliphatic rings. The Labute approximate surface area is 115 Å². The second kappa shape index (κ2) is 8.69. The Morgan fingerprint density at radius 2 is 2.00 bits per heavy atom. The molecule has 1 heterocycles. The smallest absolute Gasteiger partial charge is 0.252 e. The average Bonchev–Trinajstić information content (AvgIpc) is 2.42. The van der Waals surface area contributed by atoms with Crippen LogP contribution in [0.4, 0.5) is 5.95 Å². The molecule has 0 amide bonds. The van der Waals surface area contributed by atoms with Crippen LogP contribution in [0.2, 0.25) is 0 Å². The Morgan fingerprint density at radius 1 is 1.26 bits per heavy atom. The number of aromatic nitrogens is 2. The minimum atomic E-state index is -0.0857. The van der Waals surface area contributed by atoms with Crippen LogP contribution in [0.1, 0.15) is 39.3 Å². The molecule has 108 valence electrons. The molecule has 0 atom stereocenters. The number of anilines is 1. The van der Waals surface area contributed by atoms with Crippen LogP contribution in [-0.4, -0.2) is 41.0 Å². The van der Waals surface area contributed by atoms with Gasteiger partial charge in [-0.2, -0.15) is 0 Å². The Bertz CT molecular complexity index is 412. The van der Waals surface area contributed by atoms with Gasteiger partial charge in [0.25, 0.3) is 5.56 Å². The van der Waals surface area contributed by atoms with Crippen LogP contribution in [0.5, 0.6) is 0 Å². The van der Waals surface area contributed by atoms with Gasteiger partial charge in [-0.1, -0.05) is 20.8 Å². The van der Waals surface area contributed by atoms with Crippen molar-refractivity contribution in [2.45, 2.75) is 40.0 Å². The number of aromatic amines is 1. The molecule has 0 aromatic carbocycles. The van der Waals surface area contributed by atoms with Crippen molar-refractivity contribution in [2.75, 3.05) is 31.5 Å². The van der Waals surface area contributed by atoms with E-state index in [0.29, 0.717) is 5.95 Å². The van der Waals surface area contributed by atoms with Gasteiger partial charge in [0.1, 0.15) is 0 Å². The Hall–Kier alpha value is -1.36. The molecule has 0 bridgehead atoms.